The predicted molar refractivity (Wildman–Crippen MR) is 82.9 cm³/mol. The lowest BCUT2D eigenvalue weighted by molar-refractivity contribution is -0.142. The highest BCUT2D eigenvalue weighted by atomic mass is 79.9. The molecule has 1 aliphatic heterocycles. The van der Waals surface area contributed by atoms with E-state index in [-0.39, 0.29) is 6.04 Å². The monoisotopic (exact) mass is 349 g/mol. The largest absolute Gasteiger partial charge is 0.480 e. The first-order chi connectivity index (χ1) is 10.1. The van der Waals surface area contributed by atoms with Gasteiger partial charge in [-0.2, -0.15) is 0 Å². The van der Waals surface area contributed by atoms with Crippen LogP contribution in [0.15, 0.2) is 45.3 Å². The van der Waals surface area contributed by atoms with Crippen LogP contribution in [0.4, 0.5) is 0 Å². The fraction of sp³-hybridized carbons (Fsp3) is 0.312. The van der Waals surface area contributed by atoms with E-state index in [0.717, 1.165) is 40.9 Å². The van der Waals surface area contributed by atoms with Gasteiger partial charge in [0.15, 0.2) is 0 Å². The average Bonchev–Trinajstić information content (AvgIpc) is 3.09. The van der Waals surface area contributed by atoms with E-state index in [4.69, 9.17) is 4.42 Å². The molecule has 5 heteroatoms. The molecule has 1 aliphatic rings. The van der Waals surface area contributed by atoms with Crippen LogP contribution in [0, 0.1) is 0 Å². The highest BCUT2D eigenvalue weighted by molar-refractivity contribution is 9.10. The van der Waals surface area contributed by atoms with Crippen molar-refractivity contribution in [1.82, 2.24) is 4.90 Å². The molecule has 0 unspecified atom stereocenters. The summed E-state index contributed by atoms with van der Waals surface area (Å²) in [5.74, 6) is 0.872. The van der Waals surface area contributed by atoms with Gasteiger partial charge in [-0.3, -0.25) is 9.69 Å². The third kappa shape index (κ3) is 3.19. The van der Waals surface area contributed by atoms with Crippen molar-refractivity contribution in [3.05, 3.63) is 46.6 Å². The quantitative estimate of drug-likeness (QED) is 0.912. The summed E-state index contributed by atoms with van der Waals surface area (Å²) in [6.07, 6.45) is 1.65. The smallest absolute Gasteiger partial charge is 0.320 e. The Kier molecular flexibility index (Phi) is 4.12. The Morgan fingerprint density at radius 1 is 1.29 bits per heavy atom. The van der Waals surface area contributed by atoms with Gasteiger partial charge < -0.3 is 9.52 Å². The molecule has 1 saturated heterocycles. The molecule has 0 spiro atoms. The first-order valence-corrected chi connectivity index (χ1v) is 7.74. The number of carbonyl (C=O) groups is 1. The van der Waals surface area contributed by atoms with Gasteiger partial charge in [-0.1, -0.05) is 28.1 Å². The summed E-state index contributed by atoms with van der Waals surface area (Å²) in [6, 6.07) is 11.4. The molecule has 0 radical (unpaired) electrons. The van der Waals surface area contributed by atoms with Crippen molar-refractivity contribution in [2.24, 2.45) is 0 Å². The lowest BCUT2D eigenvalue weighted by Gasteiger charge is -2.19. The van der Waals surface area contributed by atoms with E-state index in [1.807, 2.05) is 41.3 Å². The third-order valence-electron chi connectivity index (χ3n) is 3.80. The van der Waals surface area contributed by atoms with Gasteiger partial charge in [0.25, 0.3) is 0 Å². The number of halogens is 1. The van der Waals surface area contributed by atoms with Gasteiger partial charge in [-0.25, -0.2) is 0 Å². The maximum absolute atomic E-state index is 11.2. The van der Waals surface area contributed by atoms with Crippen LogP contribution < -0.4 is 0 Å². The van der Waals surface area contributed by atoms with E-state index < -0.39 is 5.97 Å². The summed E-state index contributed by atoms with van der Waals surface area (Å²) >= 11 is 3.41. The number of hydrogen-bond donors (Lipinski definition) is 1. The van der Waals surface area contributed by atoms with Crippen molar-refractivity contribution >= 4 is 21.9 Å². The van der Waals surface area contributed by atoms with Gasteiger partial charge in [0.2, 0.25) is 0 Å². The highest BCUT2D eigenvalue weighted by Crippen LogP contribution is 2.26. The summed E-state index contributed by atoms with van der Waals surface area (Å²) in [7, 11) is 0. The van der Waals surface area contributed by atoms with Crippen LogP contribution in [-0.4, -0.2) is 28.6 Å². The second kappa shape index (κ2) is 6.03. The molecule has 3 rings (SSSR count). The lowest BCUT2D eigenvalue weighted by Crippen LogP contribution is -2.35. The Hall–Kier alpha value is -1.59. The highest BCUT2D eigenvalue weighted by Gasteiger charge is 2.30. The Morgan fingerprint density at radius 2 is 2.05 bits per heavy atom. The fourth-order valence-corrected chi connectivity index (χ4v) is 2.99. The molecule has 1 aromatic carbocycles. The Balaban J connectivity index is 1.73. The van der Waals surface area contributed by atoms with Crippen molar-refractivity contribution in [2.75, 3.05) is 6.54 Å². The molecule has 1 aromatic heterocycles. The van der Waals surface area contributed by atoms with Crippen LogP contribution in [0.5, 0.6) is 0 Å². The molecule has 4 nitrogen and oxygen atoms in total. The predicted octanol–water partition coefficient (Wildman–Crippen LogP) is 3.76. The number of benzene rings is 1. The van der Waals surface area contributed by atoms with Gasteiger partial charge in [0.1, 0.15) is 17.6 Å². The number of hydrogen-bond acceptors (Lipinski definition) is 3. The number of nitrogens with zero attached hydrogens (tertiary/aromatic N) is 1. The molecule has 0 saturated carbocycles. The number of aliphatic carboxylic acids is 1. The topological polar surface area (TPSA) is 53.7 Å². The molecule has 0 aliphatic carbocycles. The van der Waals surface area contributed by atoms with Crippen LogP contribution in [-0.2, 0) is 11.3 Å². The van der Waals surface area contributed by atoms with Gasteiger partial charge in [-0.15, -0.1) is 0 Å². The normalized spacial score (nSPS) is 19.0. The summed E-state index contributed by atoms with van der Waals surface area (Å²) in [4.78, 5) is 13.1. The molecule has 1 N–H and O–H groups in total. The first kappa shape index (κ1) is 14.4. The maximum atomic E-state index is 11.2. The van der Waals surface area contributed by atoms with E-state index in [1.165, 1.54) is 0 Å². The van der Waals surface area contributed by atoms with Gasteiger partial charge in [0.05, 0.1) is 6.54 Å². The van der Waals surface area contributed by atoms with Crippen molar-refractivity contribution in [1.29, 1.82) is 0 Å². The van der Waals surface area contributed by atoms with Crippen molar-refractivity contribution in [3.63, 3.8) is 0 Å². The number of furan rings is 1. The van der Waals surface area contributed by atoms with Crippen molar-refractivity contribution < 1.29 is 14.3 Å². The van der Waals surface area contributed by atoms with Crippen LogP contribution in [0.3, 0.4) is 0 Å². The molecular weight excluding hydrogens is 334 g/mol. The number of carboxylic acid groups (broad SMARTS) is 1. The first-order valence-electron chi connectivity index (χ1n) is 6.95. The van der Waals surface area contributed by atoms with E-state index >= 15 is 0 Å². The van der Waals surface area contributed by atoms with Crippen LogP contribution in [0.1, 0.15) is 18.6 Å². The van der Waals surface area contributed by atoms with Crippen LogP contribution >= 0.6 is 15.9 Å². The minimum Gasteiger partial charge on any atom is -0.480 e. The van der Waals surface area contributed by atoms with E-state index in [9.17, 15) is 9.90 Å². The van der Waals surface area contributed by atoms with Gasteiger partial charge in [0, 0.05) is 10.0 Å². The SMILES string of the molecule is O=C(O)[C@@H]1CCCN1Cc1ccc(-c2ccc(Br)cc2)o1. The zero-order valence-corrected chi connectivity index (χ0v) is 13.0. The van der Waals surface area contributed by atoms with Crippen molar-refractivity contribution in [2.45, 2.75) is 25.4 Å². The summed E-state index contributed by atoms with van der Waals surface area (Å²) in [5, 5.41) is 9.19. The van der Waals surface area contributed by atoms with E-state index in [2.05, 4.69) is 15.9 Å². The second-order valence-corrected chi connectivity index (χ2v) is 6.16. The zero-order valence-electron chi connectivity index (χ0n) is 11.5. The number of likely N-dealkylation sites (tertiary alicyclic amines) is 1. The summed E-state index contributed by atoms with van der Waals surface area (Å²) < 4.78 is 6.88. The van der Waals surface area contributed by atoms with E-state index in [0.29, 0.717) is 6.54 Å². The molecule has 1 atom stereocenters. The number of rotatable bonds is 4. The van der Waals surface area contributed by atoms with Crippen molar-refractivity contribution in [3.8, 4) is 11.3 Å². The zero-order chi connectivity index (χ0) is 14.8. The van der Waals surface area contributed by atoms with E-state index in [1.54, 1.807) is 0 Å². The average molecular weight is 350 g/mol. The third-order valence-corrected chi connectivity index (χ3v) is 4.33. The molecule has 21 heavy (non-hydrogen) atoms. The van der Waals surface area contributed by atoms with Gasteiger partial charge in [-0.05, 0) is 43.7 Å². The minimum absolute atomic E-state index is 0.383. The Morgan fingerprint density at radius 3 is 2.76 bits per heavy atom. The molecule has 0 bridgehead atoms. The minimum atomic E-state index is -0.743. The molecule has 1 fully saturated rings. The maximum Gasteiger partial charge on any atom is 0.320 e. The molecule has 110 valence electrons. The molecule has 2 heterocycles. The second-order valence-electron chi connectivity index (χ2n) is 5.24. The Labute approximate surface area is 131 Å². The lowest BCUT2D eigenvalue weighted by atomic mass is 10.2. The van der Waals surface area contributed by atoms with Crippen LogP contribution in [0.25, 0.3) is 11.3 Å². The summed E-state index contributed by atoms with van der Waals surface area (Å²) in [6.45, 7) is 1.36. The van der Waals surface area contributed by atoms with Crippen LogP contribution in [0.2, 0.25) is 0 Å². The Bertz CT molecular complexity index is 635. The fourth-order valence-electron chi connectivity index (χ4n) is 2.73. The molecule has 0 amide bonds. The number of carboxylic acids is 1. The standard InChI is InChI=1S/C16H16BrNO3/c17-12-5-3-11(4-6-12)15-8-7-13(21-15)10-18-9-1-2-14(18)16(19)20/h3-8,14H,1-2,9-10H2,(H,19,20)/t14-/m0/s1. The van der Waals surface area contributed by atoms with Gasteiger partial charge >= 0.3 is 5.97 Å². The summed E-state index contributed by atoms with van der Waals surface area (Å²) in [5.41, 5.74) is 1.01. The molecule has 2 aromatic rings. The molecular formula is C16H16BrNO3.